The van der Waals surface area contributed by atoms with Crippen molar-refractivity contribution >= 4 is 23.0 Å². The predicted molar refractivity (Wildman–Crippen MR) is 142 cm³/mol. The molecule has 2 aliphatic rings. The molecule has 7 nitrogen and oxygen atoms in total. The lowest BCUT2D eigenvalue weighted by molar-refractivity contribution is -0.0409. The van der Waals surface area contributed by atoms with Crippen LogP contribution in [0, 0.1) is 11.8 Å². The van der Waals surface area contributed by atoms with Crippen LogP contribution < -0.4 is 5.32 Å². The maximum absolute atomic E-state index is 12.6. The summed E-state index contributed by atoms with van der Waals surface area (Å²) in [5.41, 5.74) is 4.72. The summed E-state index contributed by atoms with van der Waals surface area (Å²) in [7, 11) is 0. The van der Waals surface area contributed by atoms with E-state index in [0.29, 0.717) is 37.1 Å². The van der Waals surface area contributed by atoms with Gasteiger partial charge in [0.2, 0.25) is 12.4 Å². The smallest absolute Gasteiger partial charge is 0.261 e. The monoisotopic (exact) mass is 546 g/mol. The number of hydrogen-bond donors (Lipinski definition) is 1. The van der Waals surface area contributed by atoms with Gasteiger partial charge in [-0.2, -0.15) is 0 Å². The number of aromatic nitrogens is 4. The Morgan fingerprint density at radius 2 is 1.90 bits per heavy atom. The van der Waals surface area contributed by atoms with E-state index in [9.17, 15) is 17.6 Å². The van der Waals surface area contributed by atoms with Crippen LogP contribution in [0.1, 0.15) is 57.4 Å². The maximum atomic E-state index is 12.6. The van der Waals surface area contributed by atoms with Crippen molar-refractivity contribution in [3.63, 3.8) is 0 Å². The van der Waals surface area contributed by atoms with Crippen LogP contribution in [0.25, 0.3) is 16.6 Å². The second-order valence-electron chi connectivity index (χ2n) is 10.6. The van der Waals surface area contributed by atoms with E-state index in [-0.39, 0.29) is 18.4 Å². The first kappa shape index (κ1) is 27.5. The molecule has 1 N–H and O–H groups in total. The molecule has 1 atom stereocenters. The SMILES string of the molecule is CC1=Nc2ncc(-c3ccn4nc(NCC5CCC(OCC(F)F)CC5)ncc34)cc2CC1CCCC(F)F. The molecule has 3 aromatic heterocycles. The lowest BCUT2D eigenvalue weighted by Gasteiger charge is -2.28. The molecule has 39 heavy (non-hydrogen) atoms. The van der Waals surface area contributed by atoms with Crippen LogP contribution in [0.2, 0.25) is 0 Å². The highest BCUT2D eigenvalue weighted by atomic mass is 19.3. The maximum Gasteiger partial charge on any atom is 0.261 e. The zero-order valence-corrected chi connectivity index (χ0v) is 22.0. The molecular weight excluding hydrogens is 512 g/mol. The zero-order valence-electron chi connectivity index (χ0n) is 22.0. The molecule has 1 fully saturated rings. The van der Waals surface area contributed by atoms with Gasteiger partial charge in [-0.15, -0.1) is 5.10 Å². The molecule has 1 unspecified atom stereocenters. The molecule has 0 aromatic carbocycles. The average Bonchev–Trinajstić information content (AvgIpc) is 3.34. The molecule has 0 bridgehead atoms. The Balaban J connectivity index is 1.21. The minimum Gasteiger partial charge on any atom is -0.372 e. The van der Waals surface area contributed by atoms with Crippen LogP contribution >= 0.6 is 0 Å². The number of aliphatic imine (C=N–C) groups is 1. The summed E-state index contributed by atoms with van der Waals surface area (Å²) in [6.07, 6.45) is 5.94. The van der Waals surface area contributed by atoms with Crippen LogP contribution in [0.5, 0.6) is 0 Å². The van der Waals surface area contributed by atoms with Gasteiger partial charge in [0.1, 0.15) is 6.61 Å². The standard InChI is InChI=1S/C28H34F4N6O/c1-17-19(3-2-4-25(29)30)11-20-12-21(14-33-27(20)36-17)23-9-10-38-24(23)15-35-28(37-38)34-13-18-5-7-22(8-6-18)39-16-26(31)32/h9-10,12,14-15,18-19,22,25-26H,2-8,11,13,16H2,1H3,(H,34,37). The zero-order chi connectivity index (χ0) is 27.4. The Morgan fingerprint density at radius 3 is 2.67 bits per heavy atom. The summed E-state index contributed by atoms with van der Waals surface area (Å²) in [4.78, 5) is 13.7. The van der Waals surface area contributed by atoms with Gasteiger partial charge in [-0.1, -0.05) is 0 Å². The van der Waals surface area contributed by atoms with E-state index in [2.05, 4.69) is 31.4 Å². The summed E-state index contributed by atoms with van der Waals surface area (Å²) in [6, 6.07) is 4.07. The van der Waals surface area contributed by atoms with Gasteiger partial charge in [0.25, 0.3) is 6.43 Å². The van der Waals surface area contributed by atoms with E-state index in [1.807, 2.05) is 19.2 Å². The number of hydrogen-bond acceptors (Lipinski definition) is 6. The second-order valence-corrected chi connectivity index (χ2v) is 10.6. The molecule has 1 aliphatic carbocycles. The van der Waals surface area contributed by atoms with Gasteiger partial charge in [-0.25, -0.2) is 37.0 Å². The van der Waals surface area contributed by atoms with Gasteiger partial charge < -0.3 is 10.1 Å². The second kappa shape index (κ2) is 12.4. The van der Waals surface area contributed by atoms with Crippen molar-refractivity contribution < 1.29 is 22.3 Å². The molecule has 11 heteroatoms. The average molecular weight is 547 g/mol. The van der Waals surface area contributed by atoms with Crippen molar-refractivity contribution in [3.8, 4) is 11.1 Å². The number of ether oxygens (including phenoxy) is 1. The molecule has 5 rings (SSSR count). The lowest BCUT2D eigenvalue weighted by atomic mass is 9.87. The molecule has 0 saturated heterocycles. The quantitative estimate of drug-likeness (QED) is 0.270. The van der Waals surface area contributed by atoms with Crippen LogP contribution in [0.4, 0.5) is 29.3 Å². The van der Waals surface area contributed by atoms with Crippen molar-refractivity contribution in [2.45, 2.75) is 77.2 Å². The Labute approximate surface area is 225 Å². The van der Waals surface area contributed by atoms with E-state index >= 15 is 0 Å². The lowest BCUT2D eigenvalue weighted by Crippen LogP contribution is -2.27. The number of halogens is 4. The molecule has 0 radical (unpaired) electrons. The number of rotatable bonds is 11. The van der Waals surface area contributed by atoms with Gasteiger partial charge in [0.15, 0.2) is 5.82 Å². The van der Waals surface area contributed by atoms with E-state index in [1.165, 1.54) is 0 Å². The summed E-state index contributed by atoms with van der Waals surface area (Å²) in [6.45, 7) is 2.18. The predicted octanol–water partition coefficient (Wildman–Crippen LogP) is 6.74. The third kappa shape index (κ3) is 6.93. The van der Waals surface area contributed by atoms with Crippen molar-refractivity contribution in [2.75, 3.05) is 18.5 Å². The number of fused-ring (bicyclic) bond motifs is 2. The van der Waals surface area contributed by atoms with Gasteiger partial charge in [0.05, 0.1) is 17.8 Å². The van der Waals surface area contributed by atoms with Gasteiger partial charge in [-0.05, 0) is 75.5 Å². The van der Waals surface area contributed by atoms with Gasteiger partial charge in [-0.3, -0.25) is 0 Å². The fourth-order valence-corrected chi connectivity index (χ4v) is 5.57. The van der Waals surface area contributed by atoms with Crippen LogP contribution in [-0.4, -0.2) is 57.4 Å². The highest BCUT2D eigenvalue weighted by molar-refractivity contribution is 5.89. The van der Waals surface area contributed by atoms with Gasteiger partial charge >= 0.3 is 0 Å². The highest BCUT2D eigenvalue weighted by Gasteiger charge is 2.24. The summed E-state index contributed by atoms with van der Waals surface area (Å²) >= 11 is 0. The molecule has 3 aromatic rings. The summed E-state index contributed by atoms with van der Waals surface area (Å²) in [5.74, 6) is 1.79. The minimum absolute atomic E-state index is 0.0774. The number of alkyl halides is 4. The minimum atomic E-state index is -2.42. The first-order chi connectivity index (χ1) is 18.9. The van der Waals surface area contributed by atoms with Gasteiger partial charge in [0, 0.05) is 48.1 Å². The fourth-order valence-electron chi connectivity index (χ4n) is 5.57. The first-order valence-electron chi connectivity index (χ1n) is 13.7. The molecule has 0 amide bonds. The molecule has 1 aliphatic heterocycles. The van der Waals surface area contributed by atoms with E-state index in [0.717, 1.165) is 60.0 Å². The summed E-state index contributed by atoms with van der Waals surface area (Å²) in [5, 5.41) is 7.93. The number of anilines is 1. The number of nitrogens with zero attached hydrogens (tertiary/aromatic N) is 5. The van der Waals surface area contributed by atoms with Crippen LogP contribution in [-0.2, 0) is 11.2 Å². The normalized spacial score (nSPS) is 21.4. The van der Waals surface area contributed by atoms with Crippen LogP contribution in [0.15, 0.2) is 35.7 Å². The van der Waals surface area contributed by atoms with Crippen molar-refractivity contribution in [3.05, 3.63) is 36.3 Å². The topological polar surface area (TPSA) is 76.7 Å². The largest absolute Gasteiger partial charge is 0.372 e. The Bertz CT molecular complexity index is 1290. The number of pyridine rings is 1. The third-order valence-electron chi connectivity index (χ3n) is 7.79. The molecule has 1 saturated carbocycles. The molecule has 4 heterocycles. The third-order valence-corrected chi connectivity index (χ3v) is 7.79. The Hall–Kier alpha value is -3.08. The first-order valence-corrected chi connectivity index (χ1v) is 13.7. The Kier molecular flexibility index (Phi) is 8.74. The van der Waals surface area contributed by atoms with E-state index < -0.39 is 19.5 Å². The van der Waals surface area contributed by atoms with Crippen molar-refractivity contribution in [2.24, 2.45) is 16.8 Å². The molecular formula is C28H34F4N6O. The Morgan fingerprint density at radius 1 is 1.08 bits per heavy atom. The molecule has 0 spiro atoms. The fraction of sp³-hybridized carbons (Fsp3) is 0.571. The van der Waals surface area contributed by atoms with E-state index in [1.54, 1.807) is 16.9 Å². The van der Waals surface area contributed by atoms with Crippen molar-refractivity contribution in [1.29, 1.82) is 0 Å². The highest BCUT2D eigenvalue weighted by Crippen LogP contribution is 2.34. The molecule has 210 valence electrons. The summed E-state index contributed by atoms with van der Waals surface area (Å²) < 4.78 is 57.0. The van der Waals surface area contributed by atoms with Crippen molar-refractivity contribution in [1.82, 2.24) is 19.6 Å². The van der Waals surface area contributed by atoms with E-state index in [4.69, 9.17) is 4.74 Å². The van der Waals surface area contributed by atoms with Crippen LogP contribution in [0.3, 0.4) is 0 Å². The number of nitrogens with one attached hydrogen (secondary N) is 1.